The van der Waals surface area contributed by atoms with Crippen molar-refractivity contribution in [3.05, 3.63) is 194 Å². The molecule has 1 aromatic heterocycles. The van der Waals surface area contributed by atoms with E-state index in [0.717, 1.165) is 21.9 Å². The Morgan fingerprint density at radius 2 is 0.764 bits per heavy atom. The number of fused-ring (bicyclic) bond motifs is 8. The molecular formula is C54H32O. The number of furan rings is 1. The third kappa shape index (κ3) is 4.48. The quantitative estimate of drug-likeness (QED) is 0.179. The first-order valence-electron chi connectivity index (χ1n) is 19.0. The van der Waals surface area contributed by atoms with Crippen LogP contribution in [0, 0.1) is 0 Å². The molecular weight excluding hydrogens is 665 g/mol. The number of hydrogen-bond donors (Lipinski definition) is 0. The van der Waals surface area contributed by atoms with Crippen LogP contribution >= 0.6 is 0 Å². The highest BCUT2D eigenvalue weighted by atomic mass is 16.3. The number of rotatable bonds is 4. The van der Waals surface area contributed by atoms with E-state index >= 15 is 0 Å². The van der Waals surface area contributed by atoms with Gasteiger partial charge in [-0.2, -0.15) is 0 Å². The predicted octanol–water partition coefficient (Wildman–Crippen LogP) is 15.4. The van der Waals surface area contributed by atoms with E-state index in [4.69, 9.17) is 4.42 Å². The Hall–Kier alpha value is -7.22. The number of para-hydroxylation sites is 1. The zero-order valence-electron chi connectivity index (χ0n) is 29.9. The van der Waals surface area contributed by atoms with Crippen molar-refractivity contribution in [2.75, 3.05) is 0 Å². The third-order valence-corrected chi connectivity index (χ3v) is 11.8. The van der Waals surface area contributed by atoms with E-state index in [2.05, 4.69) is 182 Å². The van der Waals surface area contributed by atoms with Crippen LogP contribution in [0.5, 0.6) is 0 Å². The smallest absolute Gasteiger partial charge is 0.135 e. The Morgan fingerprint density at radius 1 is 0.255 bits per heavy atom. The molecule has 1 nitrogen and oxygen atoms in total. The van der Waals surface area contributed by atoms with Crippen molar-refractivity contribution < 1.29 is 4.42 Å². The Balaban J connectivity index is 1.04. The van der Waals surface area contributed by atoms with Crippen molar-refractivity contribution in [1.29, 1.82) is 0 Å². The third-order valence-electron chi connectivity index (χ3n) is 11.8. The Kier molecular flexibility index (Phi) is 6.40. The highest BCUT2D eigenvalue weighted by molar-refractivity contribution is 6.29. The fraction of sp³-hybridized carbons (Fsp3) is 0. The molecule has 0 atom stereocenters. The van der Waals surface area contributed by atoms with Gasteiger partial charge in [0.1, 0.15) is 11.2 Å². The fourth-order valence-corrected chi connectivity index (χ4v) is 9.36. The molecule has 0 unspecified atom stereocenters. The van der Waals surface area contributed by atoms with Crippen LogP contribution in [0.2, 0.25) is 0 Å². The zero-order chi connectivity index (χ0) is 36.0. The molecule has 0 amide bonds. The molecule has 1 aliphatic rings. The van der Waals surface area contributed by atoms with Crippen molar-refractivity contribution in [3.8, 4) is 66.8 Å². The standard InChI is InChI=1S/C54H32O/c1-3-12-33(13-4-1)50-43-17-7-8-18-44(43)51(34-14-5-2-6-15-34)54-46-28-27-40(42-19-11-20-45(52(42)46)53(50)54)39-25-24-35-30-36(22-23-37(35)31-39)38-26-29-49-47(32-38)41-16-9-10-21-48(41)55-49/h1-32H. The summed E-state index contributed by atoms with van der Waals surface area (Å²) < 4.78 is 6.11. The monoisotopic (exact) mass is 696 g/mol. The van der Waals surface area contributed by atoms with Gasteiger partial charge in [0.25, 0.3) is 0 Å². The lowest BCUT2D eigenvalue weighted by atomic mass is 9.82. The molecule has 10 aromatic carbocycles. The summed E-state index contributed by atoms with van der Waals surface area (Å²) in [6, 6.07) is 71.1. The Labute approximate surface area is 318 Å². The van der Waals surface area contributed by atoms with Crippen LogP contribution in [-0.4, -0.2) is 0 Å². The second-order valence-electron chi connectivity index (χ2n) is 14.8. The van der Waals surface area contributed by atoms with E-state index in [0.29, 0.717) is 0 Å². The molecule has 11 aromatic rings. The molecule has 0 radical (unpaired) electrons. The maximum Gasteiger partial charge on any atom is 0.135 e. The van der Waals surface area contributed by atoms with E-state index in [1.807, 2.05) is 12.1 Å². The normalized spacial score (nSPS) is 12.0. The van der Waals surface area contributed by atoms with Gasteiger partial charge in [-0.15, -0.1) is 0 Å². The van der Waals surface area contributed by atoms with Gasteiger partial charge >= 0.3 is 0 Å². The van der Waals surface area contributed by atoms with Crippen LogP contribution < -0.4 is 0 Å². The average Bonchev–Trinajstić information content (AvgIpc) is 3.79. The molecule has 1 aliphatic carbocycles. The van der Waals surface area contributed by atoms with Gasteiger partial charge in [0.2, 0.25) is 0 Å². The Morgan fingerprint density at radius 3 is 1.47 bits per heavy atom. The highest BCUT2D eigenvalue weighted by Gasteiger charge is 2.31. The molecule has 0 fully saturated rings. The van der Waals surface area contributed by atoms with Crippen molar-refractivity contribution in [1.82, 2.24) is 0 Å². The van der Waals surface area contributed by atoms with Crippen LogP contribution in [0.4, 0.5) is 0 Å². The lowest BCUT2D eigenvalue weighted by molar-refractivity contribution is 0.669. The predicted molar refractivity (Wildman–Crippen MR) is 232 cm³/mol. The van der Waals surface area contributed by atoms with Crippen LogP contribution in [0.25, 0.3) is 121 Å². The van der Waals surface area contributed by atoms with Crippen molar-refractivity contribution in [2.45, 2.75) is 0 Å². The molecule has 0 bridgehead atoms. The van der Waals surface area contributed by atoms with E-state index in [1.54, 1.807) is 0 Å². The number of hydrogen-bond acceptors (Lipinski definition) is 1. The minimum Gasteiger partial charge on any atom is -0.456 e. The summed E-state index contributed by atoms with van der Waals surface area (Å²) in [7, 11) is 0. The minimum atomic E-state index is 0.921. The molecule has 254 valence electrons. The summed E-state index contributed by atoms with van der Waals surface area (Å²) in [5, 5.41) is 9.93. The summed E-state index contributed by atoms with van der Waals surface area (Å²) in [6.45, 7) is 0. The van der Waals surface area contributed by atoms with Gasteiger partial charge in [-0.25, -0.2) is 0 Å². The molecule has 0 saturated heterocycles. The summed E-state index contributed by atoms with van der Waals surface area (Å²) in [6.07, 6.45) is 0. The molecule has 55 heavy (non-hydrogen) atoms. The SMILES string of the molecule is c1ccc(-c2c3c(c(-c4ccccc4)c4ccccc24)-c2ccc(-c4ccc5cc(-c6ccc7oc8ccccc8c7c6)ccc5c4)c4cccc-3c24)cc1. The molecule has 0 N–H and O–H groups in total. The number of benzene rings is 10. The Bertz CT molecular complexity index is 3260. The summed E-state index contributed by atoms with van der Waals surface area (Å²) in [5.74, 6) is 0. The van der Waals surface area contributed by atoms with Crippen molar-refractivity contribution >= 4 is 54.3 Å². The molecule has 0 spiro atoms. The van der Waals surface area contributed by atoms with Crippen LogP contribution in [0.3, 0.4) is 0 Å². The van der Waals surface area contributed by atoms with Crippen LogP contribution in [0.15, 0.2) is 199 Å². The van der Waals surface area contributed by atoms with Gasteiger partial charge in [-0.3, -0.25) is 0 Å². The van der Waals surface area contributed by atoms with Gasteiger partial charge < -0.3 is 4.42 Å². The van der Waals surface area contributed by atoms with E-state index < -0.39 is 0 Å². The molecule has 0 aliphatic heterocycles. The van der Waals surface area contributed by atoms with Gasteiger partial charge in [0.15, 0.2) is 0 Å². The first-order valence-corrected chi connectivity index (χ1v) is 19.0. The largest absolute Gasteiger partial charge is 0.456 e. The molecule has 1 heteroatoms. The minimum absolute atomic E-state index is 0.921. The second kappa shape index (κ2) is 11.6. The van der Waals surface area contributed by atoms with Gasteiger partial charge in [0, 0.05) is 10.8 Å². The first kappa shape index (κ1) is 30.3. The summed E-state index contributed by atoms with van der Waals surface area (Å²) >= 11 is 0. The average molecular weight is 697 g/mol. The van der Waals surface area contributed by atoms with Crippen molar-refractivity contribution in [2.24, 2.45) is 0 Å². The highest BCUT2D eigenvalue weighted by Crippen LogP contribution is 2.58. The van der Waals surface area contributed by atoms with Gasteiger partial charge in [-0.1, -0.05) is 164 Å². The van der Waals surface area contributed by atoms with E-state index in [9.17, 15) is 0 Å². The maximum atomic E-state index is 6.11. The first-order chi connectivity index (χ1) is 27.3. The molecule has 1 heterocycles. The lowest BCUT2D eigenvalue weighted by Crippen LogP contribution is -1.93. The summed E-state index contributed by atoms with van der Waals surface area (Å²) in [4.78, 5) is 0. The van der Waals surface area contributed by atoms with E-state index in [1.165, 1.54) is 99.1 Å². The second-order valence-corrected chi connectivity index (χ2v) is 14.8. The van der Waals surface area contributed by atoms with Gasteiger partial charge in [0.05, 0.1) is 0 Å². The fourth-order valence-electron chi connectivity index (χ4n) is 9.36. The topological polar surface area (TPSA) is 13.1 Å². The van der Waals surface area contributed by atoms with E-state index in [-0.39, 0.29) is 0 Å². The molecule has 0 saturated carbocycles. The zero-order valence-corrected chi connectivity index (χ0v) is 29.9. The maximum absolute atomic E-state index is 6.11. The summed E-state index contributed by atoms with van der Waals surface area (Å²) in [5.41, 5.74) is 17.1. The molecule has 12 rings (SSSR count). The lowest BCUT2D eigenvalue weighted by Gasteiger charge is -2.20. The van der Waals surface area contributed by atoms with Crippen molar-refractivity contribution in [3.63, 3.8) is 0 Å². The van der Waals surface area contributed by atoms with Crippen LogP contribution in [0.1, 0.15) is 0 Å². The van der Waals surface area contributed by atoms with Gasteiger partial charge in [-0.05, 0) is 129 Å². The van der Waals surface area contributed by atoms with Crippen LogP contribution in [-0.2, 0) is 0 Å².